The Labute approximate surface area is 164 Å². The number of fused-ring (bicyclic) bond motifs is 1. The zero-order valence-corrected chi connectivity index (χ0v) is 16.4. The van der Waals surface area contributed by atoms with Gasteiger partial charge in [-0.3, -0.25) is 4.31 Å². The topological polar surface area (TPSA) is 96.7 Å². The summed E-state index contributed by atoms with van der Waals surface area (Å²) in [6.07, 6.45) is 1.72. The van der Waals surface area contributed by atoms with E-state index in [2.05, 4.69) is 0 Å². The summed E-state index contributed by atoms with van der Waals surface area (Å²) < 4.78 is 36.0. The van der Waals surface area contributed by atoms with Crippen LogP contribution in [0.15, 0.2) is 42.5 Å². The molecule has 1 atom stereocenters. The van der Waals surface area contributed by atoms with E-state index < -0.39 is 16.0 Å². The fourth-order valence-electron chi connectivity index (χ4n) is 3.24. The van der Waals surface area contributed by atoms with Gasteiger partial charge in [-0.2, -0.15) is 5.26 Å². The molecule has 8 heteroatoms. The third-order valence-corrected chi connectivity index (χ3v) is 5.67. The molecular weight excluding hydrogens is 380 g/mol. The van der Waals surface area contributed by atoms with Crippen molar-refractivity contribution in [3.8, 4) is 11.8 Å². The Morgan fingerprint density at radius 2 is 1.93 bits per heavy atom. The monoisotopic (exact) mass is 400 g/mol. The van der Waals surface area contributed by atoms with Crippen molar-refractivity contribution in [2.45, 2.75) is 19.4 Å². The Kier molecular flexibility index (Phi) is 5.56. The predicted molar refractivity (Wildman–Crippen MR) is 104 cm³/mol. The third kappa shape index (κ3) is 4.26. The highest BCUT2D eigenvalue weighted by Gasteiger charge is 2.32. The summed E-state index contributed by atoms with van der Waals surface area (Å²) in [4.78, 5) is 12.3. The second-order valence-electron chi connectivity index (χ2n) is 6.58. The zero-order chi connectivity index (χ0) is 20.3. The largest absolute Gasteiger partial charge is 0.490 e. The maximum atomic E-state index is 12.3. The third-order valence-electron chi connectivity index (χ3n) is 4.39. The highest BCUT2D eigenvalue weighted by Crippen LogP contribution is 2.34. The number of benzene rings is 2. The lowest BCUT2D eigenvalue weighted by Gasteiger charge is -2.21. The van der Waals surface area contributed by atoms with E-state index in [4.69, 9.17) is 14.7 Å². The number of hydrogen-bond acceptors (Lipinski definition) is 6. The molecule has 0 amide bonds. The number of esters is 1. The van der Waals surface area contributed by atoms with Crippen molar-refractivity contribution < 1.29 is 22.7 Å². The molecule has 0 spiro atoms. The van der Waals surface area contributed by atoms with E-state index in [1.807, 2.05) is 13.0 Å². The number of anilines is 1. The molecule has 0 aromatic heterocycles. The van der Waals surface area contributed by atoms with Crippen LogP contribution >= 0.6 is 0 Å². The number of rotatable bonds is 6. The molecule has 0 bridgehead atoms. The molecule has 0 aliphatic carbocycles. The fourth-order valence-corrected chi connectivity index (χ4v) is 4.50. The lowest BCUT2D eigenvalue weighted by Crippen LogP contribution is -2.34. The normalized spacial score (nSPS) is 15.6. The Balaban J connectivity index is 1.57. The van der Waals surface area contributed by atoms with Crippen LogP contribution in [0.5, 0.6) is 5.75 Å². The van der Waals surface area contributed by atoms with Crippen LogP contribution < -0.4 is 9.04 Å². The second kappa shape index (κ2) is 7.90. The van der Waals surface area contributed by atoms with Gasteiger partial charge < -0.3 is 9.47 Å². The van der Waals surface area contributed by atoms with Gasteiger partial charge in [0, 0.05) is 6.04 Å². The molecule has 1 aliphatic heterocycles. The molecule has 7 nitrogen and oxygen atoms in total. The first-order valence-corrected chi connectivity index (χ1v) is 10.6. The van der Waals surface area contributed by atoms with E-state index in [0.717, 1.165) is 5.56 Å². The van der Waals surface area contributed by atoms with Gasteiger partial charge in [0.15, 0.2) is 0 Å². The summed E-state index contributed by atoms with van der Waals surface area (Å²) in [5.41, 5.74) is 2.33. The van der Waals surface area contributed by atoms with Gasteiger partial charge in [0.2, 0.25) is 10.0 Å². The van der Waals surface area contributed by atoms with Gasteiger partial charge in [-0.15, -0.1) is 0 Å². The van der Waals surface area contributed by atoms with Crippen molar-refractivity contribution >= 4 is 21.7 Å². The van der Waals surface area contributed by atoms with Crippen LogP contribution in [0.25, 0.3) is 0 Å². The highest BCUT2D eigenvalue weighted by molar-refractivity contribution is 7.92. The molecule has 0 N–H and O–H groups in total. The van der Waals surface area contributed by atoms with Crippen molar-refractivity contribution in [1.29, 1.82) is 5.26 Å². The van der Waals surface area contributed by atoms with Crippen molar-refractivity contribution in [3.63, 3.8) is 0 Å². The average molecular weight is 400 g/mol. The lowest BCUT2D eigenvalue weighted by molar-refractivity contribution is 0.0450. The first kappa shape index (κ1) is 19.7. The van der Waals surface area contributed by atoms with Crippen LogP contribution in [0.2, 0.25) is 0 Å². The van der Waals surface area contributed by atoms with Crippen LogP contribution in [-0.2, 0) is 21.2 Å². The maximum absolute atomic E-state index is 12.3. The molecular formula is C20H20N2O5S. The van der Waals surface area contributed by atoms with Gasteiger partial charge in [-0.1, -0.05) is 0 Å². The highest BCUT2D eigenvalue weighted by atomic mass is 32.2. The first-order chi connectivity index (χ1) is 13.3. The SMILES string of the molecule is CC1Cc2cc(C(=O)OCCOc3ccc(C#N)cc3)ccc2N1S(C)(=O)=O. The average Bonchev–Trinajstić information content (AvgIpc) is 3.00. The second-order valence-corrected chi connectivity index (χ2v) is 8.44. The van der Waals surface area contributed by atoms with Crippen molar-refractivity contribution in [2.24, 2.45) is 0 Å². The molecule has 3 rings (SSSR count). The van der Waals surface area contributed by atoms with Gasteiger partial charge in [-0.25, -0.2) is 13.2 Å². The van der Waals surface area contributed by atoms with Gasteiger partial charge in [0.05, 0.1) is 29.1 Å². The van der Waals surface area contributed by atoms with Gasteiger partial charge in [-0.05, 0) is 61.4 Å². The van der Waals surface area contributed by atoms with E-state index in [1.54, 1.807) is 42.5 Å². The minimum absolute atomic E-state index is 0.0712. The quantitative estimate of drug-likeness (QED) is 0.546. The number of hydrogen-bond donors (Lipinski definition) is 0. The van der Waals surface area contributed by atoms with E-state index in [-0.39, 0.29) is 19.3 Å². The van der Waals surface area contributed by atoms with Crippen LogP contribution in [0, 0.1) is 11.3 Å². The summed E-state index contributed by atoms with van der Waals surface area (Å²) in [6.45, 7) is 2.09. The minimum atomic E-state index is -3.36. The molecule has 1 aliphatic rings. The number of nitrogens with zero attached hydrogens (tertiary/aromatic N) is 2. The molecule has 1 unspecified atom stereocenters. The van der Waals surface area contributed by atoms with E-state index in [1.165, 1.54) is 10.6 Å². The van der Waals surface area contributed by atoms with Crippen LogP contribution in [0.4, 0.5) is 5.69 Å². The predicted octanol–water partition coefficient (Wildman–Crippen LogP) is 2.50. The molecule has 2 aromatic carbocycles. The van der Waals surface area contributed by atoms with Gasteiger partial charge in [0.1, 0.15) is 19.0 Å². The van der Waals surface area contributed by atoms with Crippen molar-refractivity contribution in [1.82, 2.24) is 0 Å². The van der Waals surface area contributed by atoms with Crippen LogP contribution in [-0.4, -0.2) is 39.9 Å². The number of ether oxygens (including phenoxy) is 2. The maximum Gasteiger partial charge on any atom is 0.338 e. The van der Waals surface area contributed by atoms with E-state index in [0.29, 0.717) is 29.0 Å². The first-order valence-electron chi connectivity index (χ1n) is 8.72. The van der Waals surface area contributed by atoms with Crippen molar-refractivity contribution in [2.75, 3.05) is 23.8 Å². The Bertz CT molecular complexity index is 1030. The number of nitriles is 1. The van der Waals surface area contributed by atoms with Crippen LogP contribution in [0.1, 0.15) is 28.4 Å². The Hall–Kier alpha value is -3.05. The molecule has 0 saturated heterocycles. The standard InChI is InChI=1S/C20H20N2O5S/c1-14-11-17-12-16(5-8-19(17)22(14)28(2,24)25)20(23)27-10-9-26-18-6-3-15(13-21)4-7-18/h3-8,12,14H,9-11H2,1-2H3. The van der Waals surface area contributed by atoms with Gasteiger partial charge >= 0.3 is 5.97 Å². The summed E-state index contributed by atoms with van der Waals surface area (Å²) in [6, 6.07) is 13.4. The lowest BCUT2D eigenvalue weighted by atomic mass is 10.1. The van der Waals surface area contributed by atoms with Gasteiger partial charge in [0.25, 0.3) is 0 Å². The summed E-state index contributed by atoms with van der Waals surface area (Å²) in [5.74, 6) is 0.0964. The molecule has 28 heavy (non-hydrogen) atoms. The number of carbonyl (C=O) groups is 1. The van der Waals surface area contributed by atoms with Crippen molar-refractivity contribution in [3.05, 3.63) is 59.2 Å². The molecule has 146 valence electrons. The molecule has 2 aromatic rings. The molecule has 0 radical (unpaired) electrons. The smallest absolute Gasteiger partial charge is 0.338 e. The van der Waals surface area contributed by atoms with E-state index >= 15 is 0 Å². The number of carbonyl (C=O) groups excluding carboxylic acids is 1. The Morgan fingerprint density at radius 1 is 1.21 bits per heavy atom. The van der Waals surface area contributed by atoms with E-state index in [9.17, 15) is 13.2 Å². The molecule has 0 fully saturated rings. The summed E-state index contributed by atoms with van der Waals surface area (Å²) in [5, 5.41) is 8.76. The fraction of sp³-hybridized carbons (Fsp3) is 0.300. The molecule has 0 saturated carbocycles. The minimum Gasteiger partial charge on any atom is -0.490 e. The molecule has 1 heterocycles. The summed E-state index contributed by atoms with van der Waals surface area (Å²) in [7, 11) is -3.36. The number of sulfonamides is 1. The summed E-state index contributed by atoms with van der Waals surface area (Å²) >= 11 is 0. The zero-order valence-electron chi connectivity index (χ0n) is 15.6. The van der Waals surface area contributed by atoms with Crippen LogP contribution in [0.3, 0.4) is 0 Å². The Morgan fingerprint density at radius 3 is 2.57 bits per heavy atom.